The molecule has 0 unspecified atom stereocenters. The normalized spacial score (nSPS) is 10.4. The van der Waals surface area contributed by atoms with Crippen LogP contribution in [0.25, 0.3) is 0 Å². The van der Waals surface area contributed by atoms with Crippen LogP contribution in [0.2, 0.25) is 0 Å². The van der Waals surface area contributed by atoms with E-state index in [1.165, 1.54) is 6.92 Å². The first-order valence-corrected chi connectivity index (χ1v) is 7.16. The summed E-state index contributed by atoms with van der Waals surface area (Å²) in [6.45, 7) is 1.98. The number of rotatable bonds is 6. The molecule has 2 aromatic rings. The van der Waals surface area contributed by atoms with E-state index >= 15 is 0 Å². The molecule has 6 nitrogen and oxygen atoms in total. The van der Waals surface area contributed by atoms with E-state index in [4.69, 9.17) is 5.11 Å². The minimum Gasteiger partial charge on any atom is -0.476 e. The molecule has 0 aliphatic carbocycles. The van der Waals surface area contributed by atoms with Crippen molar-refractivity contribution in [3.63, 3.8) is 0 Å². The van der Waals surface area contributed by atoms with Crippen LogP contribution in [0.4, 0.5) is 5.13 Å². The highest BCUT2D eigenvalue weighted by Gasteiger charge is 2.22. The van der Waals surface area contributed by atoms with Crippen molar-refractivity contribution in [1.29, 1.82) is 0 Å². The molecule has 0 spiro atoms. The quantitative estimate of drug-likeness (QED) is 0.823. The molecule has 0 fully saturated rings. The average Bonchev–Trinajstić information content (AvgIpc) is 2.91. The summed E-state index contributed by atoms with van der Waals surface area (Å²) in [4.78, 5) is 32.9. The lowest BCUT2D eigenvalue weighted by atomic mass is 10.2. The zero-order valence-electron chi connectivity index (χ0n) is 11.7. The van der Waals surface area contributed by atoms with E-state index in [1.807, 2.05) is 30.1 Å². The lowest BCUT2D eigenvalue weighted by Crippen LogP contribution is -2.20. The summed E-state index contributed by atoms with van der Waals surface area (Å²) in [5, 5.41) is 9.60. The topological polar surface area (TPSA) is 83.4 Å². The van der Waals surface area contributed by atoms with Crippen LogP contribution in [0.1, 0.15) is 32.8 Å². The number of hydrogen-bond donors (Lipinski definition) is 1. The number of likely N-dealkylation sites (N-methyl/N-ethyl adjacent to an activating group) is 1. The smallest absolute Gasteiger partial charge is 0.356 e. The molecule has 0 bridgehead atoms. The number of Topliss-reactive ketones (excluding diaryl/α,β-unsaturated/α-hetero) is 1. The van der Waals surface area contributed by atoms with E-state index in [1.54, 1.807) is 6.20 Å². The summed E-state index contributed by atoms with van der Waals surface area (Å²) < 4.78 is 0. The van der Waals surface area contributed by atoms with Gasteiger partial charge in [0.1, 0.15) is 4.88 Å². The van der Waals surface area contributed by atoms with Crippen molar-refractivity contribution in [1.82, 2.24) is 9.97 Å². The van der Waals surface area contributed by atoms with Crippen molar-refractivity contribution in [2.45, 2.75) is 13.3 Å². The minimum atomic E-state index is -1.18. The Kier molecular flexibility index (Phi) is 4.64. The molecular formula is C14H15N3O3S. The standard InChI is InChI=1S/C14H15N3O3S/c1-9(18)12-11(13(19)20)16-14(21-12)17(2)8-6-10-5-3-4-7-15-10/h3-5,7H,6,8H2,1-2H3,(H,19,20). The van der Waals surface area contributed by atoms with Crippen molar-refractivity contribution in [3.8, 4) is 0 Å². The first kappa shape index (κ1) is 15.1. The van der Waals surface area contributed by atoms with Gasteiger partial charge in [-0.1, -0.05) is 17.4 Å². The molecule has 0 aromatic carbocycles. The number of carbonyl (C=O) groups excluding carboxylic acids is 1. The SMILES string of the molecule is CC(=O)c1sc(N(C)CCc2ccccn2)nc1C(=O)O. The van der Waals surface area contributed by atoms with Crippen molar-refractivity contribution in [2.75, 3.05) is 18.5 Å². The molecule has 0 radical (unpaired) electrons. The maximum atomic E-state index is 11.5. The summed E-state index contributed by atoms with van der Waals surface area (Å²) >= 11 is 1.10. The van der Waals surface area contributed by atoms with Crippen LogP contribution >= 0.6 is 11.3 Å². The van der Waals surface area contributed by atoms with Crippen LogP contribution in [-0.2, 0) is 6.42 Å². The van der Waals surface area contributed by atoms with Crippen LogP contribution in [0.5, 0.6) is 0 Å². The zero-order chi connectivity index (χ0) is 15.4. The first-order valence-electron chi connectivity index (χ1n) is 6.35. The molecule has 21 heavy (non-hydrogen) atoms. The predicted molar refractivity (Wildman–Crippen MR) is 80.3 cm³/mol. The molecule has 0 aliphatic rings. The summed E-state index contributed by atoms with van der Waals surface area (Å²) in [7, 11) is 1.82. The van der Waals surface area contributed by atoms with Gasteiger partial charge in [-0.05, 0) is 12.1 Å². The van der Waals surface area contributed by atoms with E-state index in [0.29, 0.717) is 18.1 Å². The number of thiazole rings is 1. The number of carboxylic acid groups (broad SMARTS) is 1. The van der Waals surface area contributed by atoms with Gasteiger partial charge in [0.05, 0.1) is 0 Å². The van der Waals surface area contributed by atoms with E-state index < -0.39 is 5.97 Å². The van der Waals surface area contributed by atoms with Crippen LogP contribution in [0, 0.1) is 0 Å². The fourth-order valence-electron chi connectivity index (χ4n) is 1.78. The van der Waals surface area contributed by atoms with Gasteiger partial charge in [0, 0.05) is 38.8 Å². The number of ketones is 1. The number of nitrogens with zero attached hydrogens (tertiary/aromatic N) is 3. The number of pyridine rings is 1. The van der Waals surface area contributed by atoms with Crippen LogP contribution < -0.4 is 4.90 Å². The first-order chi connectivity index (χ1) is 9.99. The second kappa shape index (κ2) is 6.45. The third-order valence-electron chi connectivity index (χ3n) is 2.89. The molecular weight excluding hydrogens is 290 g/mol. The van der Waals surface area contributed by atoms with Gasteiger partial charge < -0.3 is 10.0 Å². The number of carboxylic acids is 1. The largest absolute Gasteiger partial charge is 0.476 e. The third-order valence-corrected chi connectivity index (χ3v) is 4.16. The van der Waals surface area contributed by atoms with E-state index in [0.717, 1.165) is 17.0 Å². The van der Waals surface area contributed by atoms with Crippen LogP contribution in [-0.4, -0.2) is 40.4 Å². The molecule has 0 aliphatic heterocycles. The molecule has 0 saturated heterocycles. The van der Waals surface area contributed by atoms with Gasteiger partial charge in [0.15, 0.2) is 16.6 Å². The van der Waals surface area contributed by atoms with Gasteiger partial charge in [-0.3, -0.25) is 9.78 Å². The van der Waals surface area contributed by atoms with E-state index in [-0.39, 0.29) is 16.4 Å². The van der Waals surface area contributed by atoms with Gasteiger partial charge in [-0.2, -0.15) is 0 Å². The lowest BCUT2D eigenvalue weighted by Gasteiger charge is -2.14. The molecule has 0 atom stereocenters. The molecule has 2 heterocycles. The fourth-order valence-corrected chi connectivity index (χ4v) is 2.72. The molecule has 7 heteroatoms. The number of carbonyl (C=O) groups is 2. The van der Waals surface area contributed by atoms with Gasteiger partial charge in [-0.15, -0.1) is 0 Å². The van der Waals surface area contributed by atoms with E-state index in [2.05, 4.69) is 9.97 Å². The number of anilines is 1. The Morgan fingerprint density at radius 3 is 2.67 bits per heavy atom. The second-order valence-corrected chi connectivity index (χ2v) is 5.51. The molecule has 1 N–H and O–H groups in total. The summed E-state index contributed by atoms with van der Waals surface area (Å²) in [6.07, 6.45) is 2.45. The average molecular weight is 305 g/mol. The Morgan fingerprint density at radius 1 is 1.38 bits per heavy atom. The Balaban J connectivity index is 2.12. The highest BCUT2D eigenvalue weighted by Crippen LogP contribution is 2.26. The Bertz CT molecular complexity index is 623. The zero-order valence-corrected chi connectivity index (χ0v) is 12.6. The van der Waals surface area contributed by atoms with E-state index in [9.17, 15) is 9.59 Å². The van der Waals surface area contributed by atoms with Crippen molar-refractivity contribution in [2.24, 2.45) is 0 Å². The van der Waals surface area contributed by atoms with Gasteiger partial charge in [0.25, 0.3) is 0 Å². The van der Waals surface area contributed by atoms with Crippen molar-refractivity contribution >= 4 is 28.2 Å². The Hall–Kier alpha value is -2.28. The highest BCUT2D eigenvalue weighted by atomic mass is 32.1. The van der Waals surface area contributed by atoms with Crippen LogP contribution in [0.3, 0.4) is 0 Å². The molecule has 2 aromatic heterocycles. The Labute approximate surface area is 126 Å². The van der Waals surface area contributed by atoms with Crippen molar-refractivity contribution in [3.05, 3.63) is 40.7 Å². The maximum Gasteiger partial charge on any atom is 0.356 e. The maximum absolute atomic E-state index is 11.5. The second-order valence-electron chi connectivity index (χ2n) is 4.53. The predicted octanol–water partition coefficient (Wildman–Crippen LogP) is 2.12. The summed E-state index contributed by atoms with van der Waals surface area (Å²) in [5.41, 5.74) is 0.776. The number of aromatic nitrogens is 2. The van der Waals surface area contributed by atoms with Crippen LogP contribution in [0.15, 0.2) is 24.4 Å². The summed E-state index contributed by atoms with van der Waals surface area (Å²) in [6, 6.07) is 5.70. The van der Waals surface area contributed by atoms with Gasteiger partial charge in [0.2, 0.25) is 0 Å². The lowest BCUT2D eigenvalue weighted by molar-refractivity contribution is 0.0687. The van der Waals surface area contributed by atoms with Gasteiger partial charge in [-0.25, -0.2) is 9.78 Å². The summed E-state index contributed by atoms with van der Waals surface area (Å²) in [5.74, 6) is -1.46. The fraction of sp³-hybridized carbons (Fsp3) is 0.286. The molecule has 0 amide bonds. The number of hydrogen-bond acceptors (Lipinski definition) is 6. The molecule has 2 rings (SSSR count). The van der Waals surface area contributed by atoms with Gasteiger partial charge >= 0.3 is 5.97 Å². The molecule has 0 saturated carbocycles. The monoisotopic (exact) mass is 305 g/mol. The van der Waals surface area contributed by atoms with Crippen molar-refractivity contribution < 1.29 is 14.7 Å². The Morgan fingerprint density at radius 2 is 2.14 bits per heavy atom. The minimum absolute atomic E-state index is 0.174. The third kappa shape index (κ3) is 3.63. The highest BCUT2D eigenvalue weighted by molar-refractivity contribution is 7.17. The molecule has 110 valence electrons. The number of aromatic carboxylic acids is 1.